The summed E-state index contributed by atoms with van der Waals surface area (Å²) in [5, 5.41) is 11.8. The van der Waals surface area contributed by atoms with E-state index in [-0.39, 0.29) is 6.61 Å². The van der Waals surface area contributed by atoms with Crippen LogP contribution in [0, 0.1) is 0 Å². The van der Waals surface area contributed by atoms with Gasteiger partial charge in [0, 0.05) is 4.47 Å². The first-order valence-corrected chi connectivity index (χ1v) is 6.72. The lowest BCUT2D eigenvalue weighted by molar-refractivity contribution is -0.143. The van der Waals surface area contributed by atoms with E-state index in [0.29, 0.717) is 23.6 Å². The van der Waals surface area contributed by atoms with Gasteiger partial charge in [-0.05, 0) is 31.0 Å². The van der Waals surface area contributed by atoms with Crippen molar-refractivity contribution in [3.8, 4) is 5.75 Å². The van der Waals surface area contributed by atoms with Gasteiger partial charge in [0.15, 0.2) is 6.61 Å². The van der Waals surface area contributed by atoms with Gasteiger partial charge in [0.1, 0.15) is 11.3 Å². The van der Waals surface area contributed by atoms with Crippen LogP contribution in [0.1, 0.15) is 12.8 Å². The van der Waals surface area contributed by atoms with E-state index >= 15 is 0 Å². The molecule has 1 amide bonds. The van der Waals surface area contributed by atoms with Gasteiger partial charge < -0.3 is 15.2 Å². The second-order valence-corrected chi connectivity index (χ2v) is 5.62. The van der Waals surface area contributed by atoms with E-state index in [2.05, 4.69) is 21.2 Å². The van der Waals surface area contributed by atoms with Gasteiger partial charge >= 0.3 is 5.97 Å². The van der Waals surface area contributed by atoms with Crippen LogP contribution in [0.3, 0.4) is 0 Å². The lowest BCUT2D eigenvalue weighted by atomic mass is 10.3. The molecule has 0 aromatic heterocycles. The van der Waals surface area contributed by atoms with E-state index in [4.69, 9.17) is 21.4 Å². The molecule has 1 aromatic rings. The minimum Gasteiger partial charge on any atom is -0.482 e. The number of aliphatic carboxylic acids is 1. The Hall–Kier alpha value is -1.27. The van der Waals surface area contributed by atoms with Crippen molar-refractivity contribution in [2.75, 3.05) is 6.61 Å². The maximum atomic E-state index is 11.6. The van der Waals surface area contributed by atoms with Crippen molar-refractivity contribution in [3.05, 3.63) is 27.7 Å². The second kappa shape index (κ2) is 5.38. The molecule has 0 spiro atoms. The summed E-state index contributed by atoms with van der Waals surface area (Å²) in [6.45, 7) is -0.267. The molecule has 0 aliphatic heterocycles. The molecule has 2 rings (SSSR count). The molecule has 0 unspecified atom stereocenters. The van der Waals surface area contributed by atoms with Crippen molar-refractivity contribution in [2.24, 2.45) is 0 Å². The van der Waals surface area contributed by atoms with Gasteiger partial charge in [0.25, 0.3) is 5.91 Å². The van der Waals surface area contributed by atoms with Gasteiger partial charge in [-0.1, -0.05) is 27.5 Å². The number of rotatable bonds is 5. The Balaban J connectivity index is 1.89. The third kappa shape index (κ3) is 3.39. The molecule has 1 aliphatic carbocycles. The molecule has 102 valence electrons. The summed E-state index contributed by atoms with van der Waals surface area (Å²) in [5.41, 5.74) is -1.09. The Kier molecular flexibility index (Phi) is 4.01. The lowest BCUT2D eigenvalue weighted by Gasteiger charge is -2.13. The number of hydrogen-bond acceptors (Lipinski definition) is 3. The molecule has 1 saturated carbocycles. The van der Waals surface area contributed by atoms with Crippen LogP contribution in [-0.2, 0) is 9.59 Å². The van der Waals surface area contributed by atoms with E-state index in [1.165, 1.54) is 0 Å². The number of ether oxygens (including phenoxy) is 1. The monoisotopic (exact) mass is 347 g/mol. The highest BCUT2D eigenvalue weighted by Crippen LogP contribution is 2.35. The Morgan fingerprint density at radius 3 is 2.68 bits per heavy atom. The average Bonchev–Trinajstić information content (AvgIpc) is 3.09. The van der Waals surface area contributed by atoms with Crippen LogP contribution in [0.15, 0.2) is 22.7 Å². The zero-order valence-electron chi connectivity index (χ0n) is 9.78. The van der Waals surface area contributed by atoms with Crippen molar-refractivity contribution in [2.45, 2.75) is 18.4 Å². The summed E-state index contributed by atoms with van der Waals surface area (Å²) in [5.74, 6) is -1.11. The number of benzene rings is 1. The maximum Gasteiger partial charge on any atom is 0.329 e. The van der Waals surface area contributed by atoms with Crippen LogP contribution in [0.2, 0.25) is 5.02 Å². The van der Waals surface area contributed by atoms with Crippen LogP contribution in [-0.4, -0.2) is 29.1 Å². The predicted molar refractivity (Wildman–Crippen MR) is 72.4 cm³/mol. The number of carbonyl (C=O) groups is 2. The van der Waals surface area contributed by atoms with Gasteiger partial charge in [0.2, 0.25) is 0 Å². The first kappa shape index (κ1) is 14.1. The zero-order chi connectivity index (χ0) is 14.0. The summed E-state index contributed by atoms with van der Waals surface area (Å²) in [6, 6.07) is 5.01. The van der Waals surface area contributed by atoms with Gasteiger partial charge in [-0.15, -0.1) is 0 Å². The molecule has 1 aliphatic rings. The third-order valence-corrected chi connectivity index (χ3v) is 3.58. The quantitative estimate of drug-likeness (QED) is 0.855. The lowest BCUT2D eigenvalue weighted by Crippen LogP contribution is -2.45. The highest BCUT2D eigenvalue weighted by Gasteiger charge is 2.51. The Labute approximate surface area is 123 Å². The number of halogens is 2. The first-order chi connectivity index (χ1) is 8.93. The third-order valence-electron chi connectivity index (χ3n) is 2.79. The fourth-order valence-electron chi connectivity index (χ4n) is 1.56. The van der Waals surface area contributed by atoms with Crippen molar-refractivity contribution < 1.29 is 19.4 Å². The molecule has 0 bridgehead atoms. The van der Waals surface area contributed by atoms with E-state index in [0.717, 1.165) is 4.47 Å². The van der Waals surface area contributed by atoms with Crippen LogP contribution in [0.5, 0.6) is 5.75 Å². The van der Waals surface area contributed by atoms with Gasteiger partial charge in [0.05, 0.1) is 5.02 Å². The fourth-order valence-corrected chi connectivity index (χ4v) is 2.28. The number of carbonyl (C=O) groups excluding carboxylic acids is 1. The molecule has 7 heteroatoms. The topological polar surface area (TPSA) is 75.6 Å². The van der Waals surface area contributed by atoms with Crippen LogP contribution in [0.4, 0.5) is 0 Å². The van der Waals surface area contributed by atoms with Crippen LogP contribution < -0.4 is 10.1 Å². The summed E-state index contributed by atoms with van der Waals surface area (Å²) in [6.07, 6.45) is 0.903. The van der Waals surface area contributed by atoms with E-state index in [1.54, 1.807) is 18.2 Å². The summed E-state index contributed by atoms with van der Waals surface area (Å²) >= 11 is 9.18. The maximum absolute atomic E-state index is 11.6. The van der Waals surface area contributed by atoms with E-state index in [9.17, 15) is 9.59 Å². The van der Waals surface area contributed by atoms with Gasteiger partial charge in [-0.3, -0.25) is 4.79 Å². The second-order valence-electron chi connectivity index (χ2n) is 4.30. The molecule has 0 radical (unpaired) electrons. The summed E-state index contributed by atoms with van der Waals surface area (Å²) < 4.78 is 6.05. The number of nitrogens with one attached hydrogen (secondary N) is 1. The predicted octanol–water partition coefficient (Wildman–Crippen LogP) is 2.21. The first-order valence-electron chi connectivity index (χ1n) is 5.55. The molecule has 1 fully saturated rings. The molecular formula is C12H11BrClNO4. The van der Waals surface area contributed by atoms with Crippen LogP contribution in [0.25, 0.3) is 0 Å². The minimum atomic E-state index is -1.09. The SMILES string of the molecule is O=C(COc1ccc(Br)cc1Cl)NC1(C(=O)O)CC1. The van der Waals surface area contributed by atoms with Crippen LogP contribution >= 0.6 is 27.5 Å². The Morgan fingerprint density at radius 2 is 2.16 bits per heavy atom. The Morgan fingerprint density at radius 1 is 1.47 bits per heavy atom. The zero-order valence-corrected chi connectivity index (χ0v) is 12.1. The Bertz CT molecular complexity index is 530. The molecule has 0 saturated heterocycles. The van der Waals surface area contributed by atoms with E-state index < -0.39 is 17.4 Å². The van der Waals surface area contributed by atoms with Crippen molar-refractivity contribution in [1.29, 1.82) is 0 Å². The standard InChI is InChI=1S/C12H11BrClNO4/c13-7-1-2-9(8(14)5-7)19-6-10(16)15-12(3-4-12)11(17)18/h1-2,5H,3-4,6H2,(H,15,16)(H,17,18). The molecule has 1 aromatic carbocycles. The summed E-state index contributed by atoms with van der Waals surface area (Å²) in [7, 11) is 0. The number of hydrogen-bond donors (Lipinski definition) is 2. The molecule has 19 heavy (non-hydrogen) atoms. The normalized spacial score (nSPS) is 15.7. The molecule has 2 N–H and O–H groups in total. The molecular weight excluding hydrogens is 337 g/mol. The van der Waals surface area contributed by atoms with Crippen molar-refractivity contribution in [3.63, 3.8) is 0 Å². The number of amides is 1. The van der Waals surface area contributed by atoms with Crippen molar-refractivity contribution >= 4 is 39.4 Å². The molecule has 0 atom stereocenters. The average molecular weight is 349 g/mol. The highest BCUT2D eigenvalue weighted by molar-refractivity contribution is 9.10. The number of carboxylic acid groups (broad SMARTS) is 1. The molecule has 5 nitrogen and oxygen atoms in total. The fraction of sp³-hybridized carbons (Fsp3) is 0.333. The summed E-state index contributed by atoms with van der Waals surface area (Å²) in [4.78, 5) is 22.5. The van der Waals surface area contributed by atoms with Crippen molar-refractivity contribution in [1.82, 2.24) is 5.32 Å². The van der Waals surface area contributed by atoms with Gasteiger partial charge in [-0.2, -0.15) is 0 Å². The number of carboxylic acids is 1. The van der Waals surface area contributed by atoms with E-state index in [1.807, 2.05) is 0 Å². The highest BCUT2D eigenvalue weighted by atomic mass is 79.9. The smallest absolute Gasteiger partial charge is 0.329 e. The minimum absolute atomic E-state index is 0.267. The van der Waals surface area contributed by atoms with Gasteiger partial charge in [-0.25, -0.2) is 4.79 Å². The largest absolute Gasteiger partial charge is 0.482 e. The molecule has 0 heterocycles.